The van der Waals surface area contributed by atoms with Crippen molar-refractivity contribution in [3.8, 4) is 11.3 Å². The Kier molecular flexibility index (Phi) is 4.91. The van der Waals surface area contributed by atoms with E-state index in [0.717, 1.165) is 22.0 Å². The molecule has 4 N–H and O–H groups in total. The van der Waals surface area contributed by atoms with Crippen LogP contribution in [0.3, 0.4) is 0 Å². The minimum atomic E-state index is -0.782. The van der Waals surface area contributed by atoms with E-state index in [0.29, 0.717) is 11.3 Å². The molecule has 6 nitrogen and oxygen atoms in total. The first kappa shape index (κ1) is 17.2. The zero-order valence-corrected chi connectivity index (χ0v) is 14.7. The maximum absolute atomic E-state index is 13.0. The van der Waals surface area contributed by atoms with Gasteiger partial charge in [-0.2, -0.15) is 5.10 Å². The largest absolute Gasteiger partial charge is 0.348 e. The number of amides is 1. The predicted octanol–water partition coefficient (Wildman–Crippen LogP) is 2.61. The number of nitrogens with two attached hydrogens (primary N) is 1. The van der Waals surface area contributed by atoms with Crippen molar-refractivity contribution in [2.24, 2.45) is 5.73 Å². The third-order valence-electron chi connectivity index (χ3n) is 3.88. The molecule has 130 valence electrons. The molecule has 0 aliphatic heterocycles. The number of nitrogens with one attached hydrogen (secondary N) is 2. The van der Waals surface area contributed by atoms with E-state index in [1.54, 1.807) is 12.1 Å². The van der Waals surface area contributed by atoms with Gasteiger partial charge < -0.3 is 11.1 Å². The smallest absolute Gasteiger partial charge is 0.242 e. The van der Waals surface area contributed by atoms with Gasteiger partial charge in [0.05, 0.1) is 17.9 Å². The van der Waals surface area contributed by atoms with Gasteiger partial charge in [0.1, 0.15) is 16.9 Å². The van der Waals surface area contributed by atoms with Crippen LogP contribution in [-0.2, 0) is 11.3 Å². The number of aromatic amines is 1. The van der Waals surface area contributed by atoms with Gasteiger partial charge in [-0.1, -0.05) is 0 Å². The summed E-state index contributed by atoms with van der Waals surface area (Å²) < 4.78 is 13.0. The average Bonchev–Trinajstić information content (AvgIpc) is 3.19. The van der Waals surface area contributed by atoms with Crippen LogP contribution in [0.4, 0.5) is 4.39 Å². The summed E-state index contributed by atoms with van der Waals surface area (Å²) in [7, 11) is 0. The van der Waals surface area contributed by atoms with Gasteiger partial charge in [-0.25, -0.2) is 9.37 Å². The summed E-state index contributed by atoms with van der Waals surface area (Å²) in [5.41, 5.74) is 9.83. The summed E-state index contributed by atoms with van der Waals surface area (Å²) in [5, 5.41) is 12.3. The van der Waals surface area contributed by atoms with E-state index < -0.39 is 6.04 Å². The lowest BCUT2D eigenvalue weighted by Crippen LogP contribution is -2.34. The van der Waals surface area contributed by atoms with E-state index >= 15 is 0 Å². The van der Waals surface area contributed by atoms with Crippen LogP contribution in [0.25, 0.3) is 11.3 Å². The number of benzene rings is 1. The molecular formula is C17H18FN5OS. The first-order chi connectivity index (χ1) is 12.0. The van der Waals surface area contributed by atoms with Gasteiger partial charge in [0.25, 0.3) is 0 Å². The summed E-state index contributed by atoms with van der Waals surface area (Å²) >= 11 is 1.43. The molecule has 0 bridgehead atoms. The lowest BCUT2D eigenvalue weighted by Gasteiger charge is -2.12. The Morgan fingerprint density at radius 1 is 1.36 bits per heavy atom. The molecule has 2 heterocycles. The summed E-state index contributed by atoms with van der Waals surface area (Å²) in [6.45, 7) is 3.92. The third kappa shape index (κ3) is 3.75. The highest BCUT2D eigenvalue weighted by Crippen LogP contribution is 2.22. The van der Waals surface area contributed by atoms with Crippen molar-refractivity contribution in [1.29, 1.82) is 0 Å². The highest BCUT2D eigenvalue weighted by molar-refractivity contribution is 7.09. The highest BCUT2D eigenvalue weighted by Gasteiger charge is 2.21. The number of hydrogen-bond acceptors (Lipinski definition) is 5. The third-order valence-corrected chi connectivity index (χ3v) is 4.73. The number of aryl methyl sites for hydroxylation is 2. The Balaban J connectivity index is 1.64. The van der Waals surface area contributed by atoms with Crippen LogP contribution in [0.15, 0.2) is 29.6 Å². The fourth-order valence-electron chi connectivity index (χ4n) is 2.57. The molecule has 0 aliphatic rings. The molecule has 2 aromatic heterocycles. The maximum Gasteiger partial charge on any atom is 0.242 e. The van der Waals surface area contributed by atoms with E-state index in [9.17, 15) is 9.18 Å². The number of carbonyl (C=O) groups is 1. The summed E-state index contributed by atoms with van der Waals surface area (Å²) in [5.74, 6) is -0.573. The second-order valence-electron chi connectivity index (χ2n) is 5.68. The Hall–Kier alpha value is -2.58. The normalized spacial score (nSPS) is 12.2. The lowest BCUT2D eigenvalue weighted by molar-refractivity contribution is -0.122. The van der Waals surface area contributed by atoms with Crippen molar-refractivity contribution in [3.05, 3.63) is 57.4 Å². The Morgan fingerprint density at radius 2 is 2.08 bits per heavy atom. The SMILES string of the molecule is Cc1n[nH]c(C)c1[C@@H](N)C(=O)NCc1nc(-c2ccc(F)cc2)cs1. The Bertz CT molecular complexity index is 867. The van der Waals surface area contributed by atoms with Crippen LogP contribution in [0.5, 0.6) is 0 Å². The number of thiazole rings is 1. The van der Waals surface area contributed by atoms with E-state index in [2.05, 4.69) is 20.5 Å². The van der Waals surface area contributed by atoms with Crippen LogP contribution >= 0.6 is 11.3 Å². The minimum Gasteiger partial charge on any atom is -0.348 e. The van der Waals surface area contributed by atoms with Crippen molar-refractivity contribution in [3.63, 3.8) is 0 Å². The van der Waals surface area contributed by atoms with Gasteiger partial charge in [0.15, 0.2) is 0 Å². The molecule has 1 amide bonds. The van der Waals surface area contributed by atoms with Gasteiger partial charge in [0, 0.05) is 22.2 Å². The fourth-order valence-corrected chi connectivity index (χ4v) is 3.31. The number of nitrogens with zero attached hydrogens (tertiary/aromatic N) is 2. The zero-order chi connectivity index (χ0) is 18.0. The zero-order valence-electron chi connectivity index (χ0n) is 13.8. The van der Waals surface area contributed by atoms with Crippen LogP contribution < -0.4 is 11.1 Å². The number of aromatic nitrogens is 3. The molecule has 8 heteroatoms. The quantitative estimate of drug-likeness (QED) is 0.652. The lowest BCUT2D eigenvalue weighted by atomic mass is 10.1. The molecule has 1 aromatic carbocycles. The molecule has 0 aliphatic carbocycles. The number of hydrogen-bond donors (Lipinski definition) is 3. The van der Waals surface area contributed by atoms with Crippen molar-refractivity contribution >= 4 is 17.2 Å². The summed E-state index contributed by atoms with van der Waals surface area (Å²) in [6, 6.07) is 5.35. The predicted molar refractivity (Wildman–Crippen MR) is 94.3 cm³/mol. The molecular weight excluding hydrogens is 341 g/mol. The van der Waals surface area contributed by atoms with E-state index in [1.807, 2.05) is 19.2 Å². The van der Waals surface area contributed by atoms with Gasteiger partial charge in [-0.3, -0.25) is 9.89 Å². The number of rotatable bonds is 5. The molecule has 1 atom stereocenters. The molecule has 0 spiro atoms. The Morgan fingerprint density at radius 3 is 2.72 bits per heavy atom. The van der Waals surface area contributed by atoms with E-state index in [4.69, 9.17) is 5.73 Å². The van der Waals surface area contributed by atoms with Crippen molar-refractivity contribution < 1.29 is 9.18 Å². The first-order valence-electron chi connectivity index (χ1n) is 7.71. The van der Waals surface area contributed by atoms with Gasteiger partial charge in [-0.05, 0) is 38.1 Å². The molecule has 0 fully saturated rings. The van der Waals surface area contributed by atoms with E-state index in [1.165, 1.54) is 23.5 Å². The number of halogens is 1. The molecule has 0 saturated heterocycles. The molecule has 25 heavy (non-hydrogen) atoms. The van der Waals surface area contributed by atoms with Gasteiger partial charge in [0.2, 0.25) is 5.91 Å². The molecule has 0 unspecified atom stereocenters. The average molecular weight is 359 g/mol. The van der Waals surface area contributed by atoms with Crippen LogP contribution in [0, 0.1) is 19.7 Å². The monoisotopic (exact) mass is 359 g/mol. The fraction of sp³-hybridized carbons (Fsp3) is 0.235. The molecule has 0 saturated carbocycles. The van der Waals surface area contributed by atoms with Crippen molar-refractivity contribution in [2.45, 2.75) is 26.4 Å². The molecule has 3 rings (SSSR count). The second kappa shape index (κ2) is 7.12. The highest BCUT2D eigenvalue weighted by atomic mass is 32.1. The Labute approximate surface area is 148 Å². The summed E-state index contributed by atoms with van der Waals surface area (Å²) in [4.78, 5) is 16.8. The minimum absolute atomic E-state index is 0.286. The van der Waals surface area contributed by atoms with Crippen LogP contribution in [0.1, 0.15) is 28.0 Å². The molecule has 3 aromatic rings. The van der Waals surface area contributed by atoms with Gasteiger partial charge >= 0.3 is 0 Å². The van der Waals surface area contributed by atoms with Crippen LogP contribution in [-0.4, -0.2) is 21.1 Å². The van der Waals surface area contributed by atoms with Crippen molar-refractivity contribution in [2.75, 3.05) is 0 Å². The van der Waals surface area contributed by atoms with Crippen molar-refractivity contribution in [1.82, 2.24) is 20.5 Å². The topological polar surface area (TPSA) is 96.7 Å². The van der Waals surface area contributed by atoms with Crippen LogP contribution in [0.2, 0.25) is 0 Å². The maximum atomic E-state index is 13.0. The second-order valence-corrected chi connectivity index (χ2v) is 6.62. The van der Waals surface area contributed by atoms with E-state index in [-0.39, 0.29) is 18.3 Å². The number of H-pyrrole nitrogens is 1. The standard InChI is InChI=1S/C17H18FN5OS/c1-9-15(10(2)23-22-9)16(19)17(24)20-7-14-21-13(8-25-14)11-3-5-12(18)6-4-11/h3-6,8,16H,7,19H2,1-2H3,(H,20,24)(H,22,23)/t16-/m1/s1. The van der Waals surface area contributed by atoms with Gasteiger partial charge in [-0.15, -0.1) is 11.3 Å². The summed E-state index contributed by atoms with van der Waals surface area (Å²) in [6.07, 6.45) is 0. The number of carbonyl (C=O) groups excluding carboxylic acids is 1. The first-order valence-corrected chi connectivity index (χ1v) is 8.58. The molecule has 0 radical (unpaired) electrons.